The maximum Gasteiger partial charge on any atom is 0.281 e. The van der Waals surface area contributed by atoms with Crippen molar-refractivity contribution in [3.05, 3.63) is 96.3 Å². The van der Waals surface area contributed by atoms with Crippen molar-refractivity contribution in [2.45, 2.75) is 12.5 Å². The third kappa shape index (κ3) is 4.49. The number of aromatic nitrogens is 4. The summed E-state index contributed by atoms with van der Waals surface area (Å²) < 4.78 is 12.6. The number of ether oxygens (including phenoxy) is 2. The summed E-state index contributed by atoms with van der Waals surface area (Å²) in [4.78, 5) is 13.2. The molecule has 0 bridgehead atoms. The fourth-order valence-electron chi connectivity index (χ4n) is 3.84. The summed E-state index contributed by atoms with van der Waals surface area (Å²) in [7, 11) is 1.63. The van der Waals surface area contributed by atoms with Gasteiger partial charge in [0.2, 0.25) is 0 Å². The number of benzene rings is 3. The van der Waals surface area contributed by atoms with Gasteiger partial charge in [0.15, 0.2) is 6.61 Å². The first-order valence-electron chi connectivity index (χ1n) is 10.8. The average Bonchev–Trinajstić information content (AvgIpc) is 3.59. The Morgan fingerprint density at radius 1 is 1.00 bits per heavy atom. The zero-order valence-corrected chi connectivity index (χ0v) is 18.5. The number of carbonyl (C=O) groups excluding carboxylic acids is 1. The van der Waals surface area contributed by atoms with E-state index in [2.05, 4.69) is 20.6 Å². The van der Waals surface area contributed by atoms with Crippen LogP contribution in [0.4, 0.5) is 0 Å². The van der Waals surface area contributed by atoms with Crippen molar-refractivity contribution in [1.29, 1.82) is 0 Å². The van der Waals surface area contributed by atoms with Crippen molar-refractivity contribution in [3.8, 4) is 17.2 Å². The van der Waals surface area contributed by atoms with Crippen LogP contribution in [0.15, 0.2) is 90.3 Å². The summed E-state index contributed by atoms with van der Waals surface area (Å²) in [5, 5.41) is 17.4. The summed E-state index contributed by atoms with van der Waals surface area (Å²) in [6.07, 6.45) is 2.10. The van der Waals surface area contributed by atoms with Crippen LogP contribution in [0.1, 0.15) is 23.6 Å². The van der Waals surface area contributed by atoms with Crippen LogP contribution < -0.4 is 9.47 Å². The maximum absolute atomic E-state index is 13.2. The van der Waals surface area contributed by atoms with Crippen LogP contribution in [0.25, 0.3) is 5.69 Å². The normalized spacial score (nSPS) is 15.1. The third-order valence-corrected chi connectivity index (χ3v) is 5.57. The molecule has 0 saturated heterocycles. The number of carbonyl (C=O) groups is 1. The first-order valence-corrected chi connectivity index (χ1v) is 10.8. The second-order valence-corrected chi connectivity index (χ2v) is 7.68. The molecule has 0 fully saturated rings. The Bertz CT molecular complexity index is 1290. The number of tetrazole rings is 1. The Morgan fingerprint density at radius 2 is 1.82 bits per heavy atom. The van der Waals surface area contributed by atoms with Gasteiger partial charge in [-0.1, -0.05) is 48.5 Å². The predicted molar refractivity (Wildman–Crippen MR) is 125 cm³/mol. The second kappa shape index (κ2) is 9.53. The number of hydrogen-bond acceptors (Lipinski definition) is 7. The summed E-state index contributed by atoms with van der Waals surface area (Å²) in [6.45, 7) is -0.155. The lowest BCUT2D eigenvalue weighted by Crippen LogP contribution is -2.31. The van der Waals surface area contributed by atoms with Crippen LogP contribution in [0, 0.1) is 0 Å². The lowest BCUT2D eigenvalue weighted by atomic mass is 9.98. The molecule has 2 heterocycles. The molecule has 1 atom stereocenters. The van der Waals surface area contributed by atoms with Gasteiger partial charge < -0.3 is 9.47 Å². The lowest BCUT2D eigenvalue weighted by molar-refractivity contribution is -0.135. The SMILES string of the molecule is COc1ccc([C@@H]2CC(c3ccccc3)=NN2C(=O)COc2cccc(-n3cnnn3)c2)cc1. The molecule has 5 rings (SSSR count). The molecule has 0 spiro atoms. The first-order chi connectivity index (χ1) is 16.7. The molecule has 0 N–H and O–H groups in total. The Kier molecular flexibility index (Phi) is 5.98. The fraction of sp³-hybridized carbons (Fsp3) is 0.160. The number of amides is 1. The van der Waals surface area contributed by atoms with Gasteiger partial charge in [-0.25, -0.2) is 9.69 Å². The van der Waals surface area contributed by atoms with Crippen LogP contribution in [0.3, 0.4) is 0 Å². The summed E-state index contributed by atoms with van der Waals surface area (Å²) in [5.41, 5.74) is 3.56. The average molecular weight is 454 g/mol. The monoisotopic (exact) mass is 454 g/mol. The molecule has 0 saturated carbocycles. The lowest BCUT2D eigenvalue weighted by Gasteiger charge is -2.22. The highest BCUT2D eigenvalue weighted by atomic mass is 16.5. The number of hydrogen-bond donors (Lipinski definition) is 0. The van der Waals surface area contributed by atoms with E-state index in [1.807, 2.05) is 66.7 Å². The molecular weight excluding hydrogens is 432 g/mol. The minimum atomic E-state index is -0.237. The number of nitrogens with zero attached hydrogens (tertiary/aromatic N) is 6. The molecule has 0 aliphatic carbocycles. The molecule has 1 amide bonds. The van der Waals surface area contributed by atoms with E-state index in [1.54, 1.807) is 19.2 Å². The van der Waals surface area contributed by atoms with Gasteiger partial charge in [-0.3, -0.25) is 4.79 Å². The minimum absolute atomic E-state index is 0.155. The number of hydrazone groups is 1. The molecular formula is C25H22N6O3. The van der Waals surface area contributed by atoms with Crippen molar-refractivity contribution < 1.29 is 14.3 Å². The largest absolute Gasteiger partial charge is 0.497 e. The van der Waals surface area contributed by atoms with Gasteiger partial charge >= 0.3 is 0 Å². The molecule has 0 unspecified atom stereocenters. The van der Waals surface area contributed by atoms with Crippen LogP contribution in [-0.4, -0.2) is 50.6 Å². The molecule has 0 radical (unpaired) electrons. The van der Waals surface area contributed by atoms with Gasteiger partial charge in [-0.05, 0) is 45.8 Å². The van der Waals surface area contributed by atoms with Gasteiger partial charge in [0.25, 0.3) is 5.91 Å². The van der Waals surface area contributed by atoms with E-state index in [0.717, 1.165) is 28.3 Å². The molecule has 4 aromatic rings. The van der Waals surface area contributed by atoms with Crippen molar-refractivity contribution in [2.24, 2.45) is 5.10 Å². The number of methoxy groups -OCH3 is 1. The summed E-state index contributed by atoms with van der Waals surface area (Å²) in [5.74, 6) is 1.06. The topological polar surface area (TPSA) is 94.7 Å². The van der Waals surface area contributed by atoms with Crippen LogP contribution in [-0.2, 0) is 4.79 Å². The van der Waals surface area contributed by atoms with E-state index in [0.29, 0.717) is 12.2 Å². The van der Waals surface area contributed by atoms with Gasteiger partial charge in [-0.2, -0.15) is 5.10 Å². The van der Waals surface area contributed by atoms with Gasteiger partial charge in [0, 0.05) is 12.5 Å². The van der Waals surface area contributed by atoms with E-state index in [-0.39, 0.29) is 18.6 Å². The van der Waals surface area contributed by atoms with Gasteiger partial charge in [0.05, 0.1) is 24.6 Å². The highest BCUT2D eigenvalue weighted by Crippen LogP contribution is 2.33. The highest BCUT2D eigenvalue weighted by molar-refractivity contribution is 6.03. The molecule has 1 aromatic heterocycles. The van der Waals surface area contributed by atoms with Crippen molar-refractivity contribution >= 4 is 11.6 Å². The zero-order valence-electron chi connectivity index (χ0n) is 18.5. The van der Waals surface area contributed by atoms with Crippen molar-refractivity contribution in [3.63, 3.8) is 0 Å². The minimum Gasteiger partial charge on any atom is -0.497 e. The maximum atomic E-state index is 13.2. The molecule has 3 aromatic carbocycles. The van der Waals surface area contributed by atoms with Gasteiger partial charge in [-0.15, -0.1) is 5.10 Å². The fourth-order valence-corrected chi connectivity index (χ4v) is 3.84. The Hall–Kier alpha value is -4.53. The van der Waals surface area contributed by atoms with Crippen LogP contribution in [0.5, 0.6) is 11.5 Å². The van der Waals surface area contributed by atoms with Crippen molar-refractivity contribution in [2.75, 3.05) is 13.7 Å². The zero-order chi connectivity index (χ0) is 23.3. The third-order valence-electron chi connectivity index (χ3n) is 5.57. The van der Waals surface area contributed by atoms with Crippen LogP contribution in [0.2, 0.25) is 0 Å². The first kappa shape index (κ1) is 21.3. The second-order valence-electron chi connectivity index (χ2n) is 7.68. The number of rotatable bonds is 7. The van der Waals surface area contributed by atoms with E-state index in [4.69, 9.17) is 9.47 Å². The Morgan fingerprint density at radius 3 is 2.56 bits per heavy atom. The van der Waals surface area contributed by atoms with Gasteiger partial charge in [0.1, 0.15) is 17.8 Å². The van der Waals surface area contributed by atoms with E-state index in [9.17, 15) is 4.79 Å². The molecule has 34 heavy (non-hydrogen) atoms. The highest BCUT2D eigenvalue weighted by Gasteiger charge is 2.33. The molecule has 1 aliphatic rings. The predicted octanol–water partition coefficient (Wildman–Crippen LogP) is 3.43. The van der Waals surface area contributed by atoms with E-state index in [1.165, 1.54) is 16.0 Å². The molecule has 9 nitrogen and oxygen atoms in total. The van der Waals surface area contributed by atoms with Crippen molar-refractivity contribution in [1.82, 2.24) is 25.2 Å². The van der Waals surface area contributed by atoms with E-state index >= 15 is 0 Å². The quantitative estimate of drug-likeness (QED) is 0.425. The smallest absolute Gasteiger partial charge is 0.281 e. The summed E-state index contributed by atoms with van der Waals surface area (Å²) >= 11 is 0. The molecule has 9 heteroatoms. The van der Waals surface area contributed by atoms with Crippen LogP contribution >= 0.6 is 0 Å². The standard InChI is InChI=1S/C25H22N6O3/c1-33-21-12-10-19(11-13-21)24-15-23(18-6-3-2-4-7-18)27-31(24)25(32)16-34-22-9-5-8-20(14-22)30-17-26-28-29-30/h2-14,17,24H,15-16H2,1H3/t24-/m0/s1. The summed E-state index contributed by atoms with van der Waals surface area (Å²) in [6, 6.07) is 24.6. The Labute approximate surface area is 196 Å². The molecule has 170 valence electrons. The Balaban J connectivity index is 1.36. The van der Waals surface area contributed by atoms with E-state index < -0.39 is 0 Å². The molecule has 1 aliphatic heterocycles.